The average molecular weight is 392 g/mol. The number of hydrogen-bond acceptors (Lipinski definition) is 2. The smallest absolute Gasteiger partial charge is 0.144 e. The van der Waals surface area contributed by atoms with Crippen molar-refractivity contribution in [3.05, 3.63) is 71.8 Å². The van der Waals surface area contributed by atoms with E-state index in [4.69, 9.17) is 0 Å². The predicted molar refractivity (Wildman–Crippen MR) is 112 cm³/mol. The van der Waals surface area contributed by atoms with Crippen molar-refractivity contribution in [3.63, 3.8) is 0 Å². The van der Waals surface area contributed by atoms with E-state index in [0.29, 0.717) is 6.42 Å². The zero-order valence-corrected chi connectivity index (χ0v) is 17.2. The number of rotatable bonds is 6. The molecule has 0 spiro atoms. The van der Waals surface area contributed by atoms with Gasteiger partial charge in [0, 0.05) is 29.9 Å². The summed E-state index contributed by atoms with van der Waals surface area (Å²) in [6.45, 7) is 7.25. The Labute approximate surface area is 173 Å². The molecular weight excluding hydrogens is 366 g/mol. The van der Waals surface area contributed by atoms with E-state index in [9.17, 15) is 5.26 Å². The lowest BCUT2D eigenvalue weighted by molar-refractivity contribution is -0.855. The van der Waals surface area contributed by atoms with Gasteiger partial charge in [-0.2, -0.15) is 5.26 Å². The number of anilines is 1. The lowest BCUT2D eigenvalue weighted by Crippen LogP contribution is -3.06. The van der Waals surface area contributed by atoms with Crippen LogP contribution in [-0.2, 0) is 0 Å². The van der Waals surface area contributed by atoms with Gasteiger partial charge in [0.25, 0.3) is 0 Å². The van der Waals surface area contributed by atoms with E-state index < -0.39 is 0 Å². The Bertz CT molecular complexity index is 982. The molecule has 4 rings (SSSR count). The highest BCUT2D eigenvalue weighted by atomic mass is 35.5. The van der Waals surface area contributed by atoms with Gasteiger partial charge in [-0.15, -0.1) is 0 Å². The van der Waals surface area contributed by atoms with E-state index in [1.165, 1.54) is 38.2 Å². The molecule has 3 nitrogen and oxygen atoms in total. The first-order valence-corrected chi connectivity index (χ1v) is 9.88. The first-order chi connectivity index (χ1) is 13.3. The van der Waals surface area contributed by atoms with Gasteiger partial charge < -0.3 is 17.3 Å². The first kappa shape index (κ1) is 20.2. The summed E-state index contributed by atoms with van der Waals surface area (Å²) in [5, 5.41) is 11.8. The van der Waals surface area contributed by atoms with Gasteiger partial charge in [0.2, 0.25) is 0 Å². The zero-order valence-electron chi connectivity index (χ0n) is 16.5. The second kappa shape index (κ2) is 8.65. The molecule has 144 valence electrons. The van der Waals surface area contributed by atoms with Crippen LogP contribution in [0.5, 0.6) is 0 Å². The third-order valence-corrected chi connectivity index (χ3v) is 5.80. The largest absolute Gasteiger partial charge is 1.00 e. The van der Waals surface area contributed by atoms with Crippen LogP contribution in [0.15, 0.2) is 60.7 Å². The van der Waals surface area contributed by atoms with Crippen LogP contribution in [0.1, 0.15) is 37.4 Å². The Kier molecular flexibility index (Phi) is 6.24. The van der Waals surface area contributed by atoms with E-state index in [1.807, 2.05) is 0 Å². The predicted octanol–water partition coefficient (Wildman–Crippen LogP) is 1.22. The van der Waals surface area contributed by atoms with Crippen molar-refractivity contribution in [2.24, 2.45) is 0 Å². The molecule has 3 aromatic carbocycles. The lowest BCUT2D eigenvalue weighted by atomic mass is 9.96. The molecule has 1 N–H and O–H groups in total. The highest BCUT2D eigenvalue weighted by Gasteiger charge is 2.37. The van der Waals surface area contributed by atoms with Crippen LogP contribution in [0.4, 0.5) is 11.4 Å². The number of quaternary nitrogens is 1. The third-order valence-electron chi connectivity index (χ3n) is 5.80. The zero-order chi connectivity index (χ0) is 18.8. The molecule has 1 aliphatic rings. The Morgan fingerprint density at radius 3 is 2.29 bits per heavy atom. The van der Waals surface area contributed by atoms with Gasteiger partial charge in [-0.05, 0) is 37.4 Å². The minimum Gasteiger partial charge on any atom is -1.00 e. The maximum Gasteiger partial charge on any atom is 0.144 e. The Balaban J connectivity index is 0.00000225. The summed E-state index contributed by atoms with van der Waals surface area (Å²) in [5.74, 6) is 0. The highest BCUT2D eigenvalue weighted by molar-refractivity contribution is 5.95. The van der Waals surface area contributed by atoms with Crippen molar-refractivity contribution in [3.8, 4) is 6.07 Å². The number of nitrogens with one attached hydrogen (secondary N) is 1. The SMILES string of the molecule is CCN(CC)c1ccc(C2c3cccc4cccc(c34)[NH+]2CCC#N)cc1.[Cl-]. The van der Waals surface area contributed by atoms with Crippen LogP contribution in [-0.4, -0.2) is 19.6 Å². The number of nitriles is 1. The minimum atomic E-state index is 0. The molecule has 28 heavy (non-hydrogen) atoms. The summed E-state index contributed by atoms with van der Waals surface area (Å²) in [6.07, 6.45) is 0.563. The topological polar surface area (TPSA) is 31.5 Å². The molecule has 1 aliphatic heterocycles. The third kappa shape index (κ3) is 3.35. The van der Waals surface area contributed by atoms with Crippen molar-refractivity contribution in [2.75, 3.05) is 24.5 Å². The van der Waals surface area contributed by atoms with Crippen LogP contribution in [0, 0.1) is 11.3 Å². The fourth-order valence-corrected chi connectivity index (χ4v) is 4.54. The molecule has 0 aliphatic carbocycles. The van der Waals surface area contributed by atoms with E-state index in [-0.39, 0.29) is 18.4 Å². The van der Waals surface area contributed by atoms with Crippen LogP contribution >= 0.6 is 0 Å². The van der Waals surface area contributed by atoms with Crippen LogP contribution < -0.4 is 22.2 Å². The van der Waals surface area contributed by atoms with E-state index >= 15 is 0 Å². The highest BCUT2D eigenvalue weighted by Crippen LogP contribution is 2.37. The molecule has 2 unspecified atom stereocenters. The molecule has 0 bridgehead atoms. The fourth-order valence-electron chi connectivity index (χ4n) is 4.54. The van der Waals surface area contributed by atoms with Crippen molar-refractivity contribution in [2.45, 2.75) is 26.3 Å². The quantitative estimate of drug-likeness (QED) is 0.685. The monoisotopic (exact) mass is 391 g/mol. The van der Waals surface area contributed by atoms with Crippen LogP contribution in [0.3, 0.4) is 0 Å². The fraction of sp³-hybridized carbons (Fsp3) is 0.292. The molecule has 0 aromatic heterocycles. The minimum absolute atomic E-state index is 0. The van der Waals surface area contributed by atoms with Gasteiger partial charge in [-0.1, -0.05) is 42.5 Å². The molecule has 4 heteroatoms. The average Bonchev–Trinajstić information content (AvgIpc) is 3.03. The number of hydrogen-bond donors (Lipinski definition) is 1. The summed E-state index contributed by atoms with van der Waals surface area (Å²) in [6, 6.07) is 24.8. The van der Waals surface area contributed by atoms with E-state index in [0.717, 1.165) is 19.6 Å². The van der Waals surface area contributed by atoms with Gasteiger partial charge in [0.15, 0.2) is 0 Å². The second-order valence-electron chi connectivity index (χ2n) is 7.13. The molecule has 0 fully saturated rings. The molecule has 0 amide bonds. The van der Waals surface area contributed by atoms with Crippen molar-refractivity contribution in [1.82, 2.24) is 0 Å². The summed E-state index contributed by atoms with van der Waals surface area (Å²) >= 11 is 0. The van der Waals surface area contributed by atoms with Gasteiger partial charge in [0.1, 0.15) is 11.7 Å². The maximum atomic E-state index is 9.18. The summed E-state index contributed by atoms with van der Waals surface area (Å²) < 4.78 is 0. The number of benzene rings is 3. The molecule has 0 saturated heterocycles. The Morgan fingerprint density at radius 1 is 0.964 bits per heavy atom. The molecule has 0 radical (unpaired) electrons. The second-order valence-corrected chi connectivity index (χ2v) is 7.13. The maximum absolute atomic E-state index is 9.18. The summed E-state index contributed by atoms with van der Waals surface area (Å²) in [5.41, 5.74) is 5.31. The molecule has 2 atom stereocenters. The summed E-state index contributed by atoms with van der Waals surface area (Å²) in [7, 11) is 0. The molecular formula is C24H26ClN3. The molecule has 1 heterocycles. The molecule has 3 aromatic rings. The lowest BCUT2D eigenvalue weighted by Gasteiger charge is -2.24. The van der Waals surface area contributed by atoms with Crippen molar-refractivity contribution in [1.29, 1.82) is 5.26 Å². The molecule has 0 saturated carbocycles. The Morgan fingerprint density at radius 2 is 1.64 bits per heavy atom. The van der Waals surface area contributed by atoms with Gasteiger partial charge in [-0.25, -0.2) is 0 Å². The van der Waals surface area contributed by atoms with Gasteiger partial charge >= 0.3 is 0 Å². The van der Waals surface area contributed by atoms with Gasteiger partial charge in [0.05, 0.1) is 24.4 Å². The standard InChI is InChI=1S/C24H25N3.ClH/c1-3-26(4-2)20-14-12-19(13-15-20)24-21-10-5-8-18-9-6-11-22(23(18)21)27(24)17-7-16-25;/h5-6,8-15,24H,3-4,7,17H2,1-2H3;1H. The van der Waals surface area contributed by atoms with Crippen molar-refractivity contribution >= 4 is 22.1 Å². The van der Waals surface area contributed by atoms with Crippen molar-refractivity contribution < 1.29 is 17.3 Å². The summed E-state index contributed by atoms with van der Waals surface area (Å²) in [4.78, 5) is 3.76. The van der Waals surface area contributed by atoms with E-state index in [1.54, 1.807) is 0 Å². The Hall–Kier alpha value is -2.54. The normalized spacial score (nSPS) is 17.2. The number of nitrogens with zero attached hydrogens (tertiary/aromatic N) is 2. The van der Waals surface area contributed by atoms with Crippen LogP contribution in [0.2, 0.25) is 0 Å². The van der Waals surface area contributed by atoms with Gasteiger partial charge in [-0.3, -0.25) is 4.90 Å². The first-order valence-electron chi connectivity index (χ1n) is 9.88. The van der Waals surface area contributed by atoms with Crippen LogP contribution in [0.25, 0.3) is 10.8 Å². The number of halogens is 1. The van der Waals surface area contributed by atoms with E-state index in [2.05, 4.69) is 85.5 Å².